The summed E-state index contributed by atoms with van der Waals surface area (Å²) in [5.41, 5.74) is 3.80. The Labute approximate surface area is 222 Å². The van der Waals surface area contributed by atoms with Crippen molar-refractivity contribution >= 4 is 91.1 Å². The summed E-state index contributed by atoms with van der Waals surface area (Å²) in [6.45, 7) is 0. The number of hydrogen-bond acceptors (Lipinski definition) is 1. The van der Waals surface area contributed by atoms with Gasteiger partial charge in [0.15, 0.2) is 0 Å². The minimum absolute atomic E-state index is 1.22. The fourth-order valence-electron chi connectivity index (χ4n) is 6.62. The summed E-state index contributed by atoms with van der Waals surface area (Å²) in [7, 11) is 0. The SMILES string of the molecule is c1ccc2c(c1)sc1ccc3c4cccc5c6ccccc6c6ccccc6c6ccccc6n(c54)c3c12. The van der Waals surface area contributed by atoms with Crippen LogP contribution in [0.4, 0.5) is 0 Å². The van der Waals surface area contributed by atoms with Crippen molar-refractivity contribution in [2.45, 2.75) is 0 Å². The Morgan fingerprint density at radius 1 is 0.342 bits per heavy atom. The lowest BCUT2D eigenvalue weighted by Crippen LogP contribution is -1.87. The quantitative estimate of drug-likeness (QED) is 0.195. The van der Waals surface area contributed by atoms with Crippen molar-refractivity contribution in [3.05, 3.63) is 127 Å². The number of benzene rings is 6. The lowest BCUT2D eigenvalue weighted by molar-refractivity contribution is 1.37. The van der Waals surface area contributed by atoms with E-state index in [0.717, 1.165) is 0 Å². The Bertz CT molecular complexity index is 2460. The molecule has 0 spiro atoms. The van der Waals surface area contributed by atoms with Crippen LogP contribution in [0.2, 0.25) is 0 Å². The van der Waals surface area contributed by atoms with Crippen LogP contribution in [0.15, 0.2) is 127 Å². The van der Waals surface area contributed by atoms with Gasteiger partial charge in [-0.15, -0.1) is 11.3 Å². The van der Waals surface area contributed by atoms with Gasteiger partial charge in [0.2, 0.25) is 0 Å². The van der Waals surface area contributed by atoms with E-state index in [4.69, 9.17) is 0 Å². The number of hydrogen-bond donors (Lipinski definition) is 0. The minimum atomic E-state index is 1.22. The molecule has 0 aliphatic carbocycles. The fourth-order valence-corrected chi connectivity index (χ4v) is 7.73. The molecule has 9 rings (SSSR count). The highest BCUT2D eigenvalue weighted by atomic mass is 32.1. The second-order valence-electron chi connectivity index (χ2n) is 10.1. The Balaban J connectivity index is 1.78. The predicted octanol–water partition coefficient (Wildman–Crippen LogP) is 10.6. The molecule has 0 amide bonds. The molecule has 3 aromatic heterocycles. The van der Waals surface area contributed by atoms with Gasteiger partial charge < -0.3 is 4.40 Å². The molecular formula is C36H21NS. The Morgan fingerprint density at radius 2 is 0.842 bits per heavy atom. The van der Waals surface area contributed by atoms with Gasteiger partial charge in [-0.2, -0.15) is 0 Å². The third-order valence-electron chi connectivity index (χ3n) is 8.16. The molecule has 0 fully saturated rings. The standard InChI is InChI=1S/C36H21NS/c1-3-12-24-22(10-1)23-11-2-4-13-25(23)27-16-9-17-28-29-20-21-33-34(30-15-6-8-19-32(30)38-33)36(29)37(35(27)28)31-18-7-5-14-26(24)31/h1-21H. The van der Waals surface area contributed by atoms with Gasteiger partial charge in [-0.25, -0.2) is 0 Å². The molecule has 0 unspecified atom stereocenters. The maximum Gasteiger partial charge on any atom is 0.0634 e. The smallest absolute Gasteiger partial charge is 0.0634 e. The van der Waals surface area contributed by atoms with Crippen molar-refractivity contribution < 1.29 is 0 Å². The van der Waals surface area contributed by atoms with Gasteiger partial charge in [-0.1, -0.05) is 109 Å². The molecule has 0 N–H and O–H groups in total. The van der Waals surface area contributed by atoms with Gasteiger partial charge in [0.1, 0.15) is 0 Å². The molecule has 2 heteroatoms. The summed E-state index contributed by atoms with van der Waals surface area (Å²) in [6, 6.07) is 47.0. The van der Waals surface area contributed by atoms with E-state index in [1.807, 2.05) is 11.3 Å². The van der Waals surface area contributed by atoms with Gasteiger partial charge in [-0.3, -0.25) is 0 Å². The number of nitrogens with zero attached hydrogens (tertiary/aromatic N) is 1. The summed E-state index contributed by atoms with van der Waals surface area (Å²) in [5, 5.41) is 12.9. The van der Waals surface area contributed by atoms with Crippen LogP contribution in [0.3, 0.4) is 0 Å². The van der Waals surface area contributed by atoms with Crippen LogP contribution < -0.4 is 0 Å². The molecule has 38 heavy (non-hydrogen) atoms. The van der Waals surface area contributed by atoms with E-state index < -0.39 is 0 Å². The van der Waals surface area contributed by atoms with Gasteiger partial charge in [0.05, 0.1) is 16.6 Å². The van der Waals surface area contributed by atoms with Crippen LogP contribution in [0.5, 0.6) is 0 Å². The normalized spacial score (nSPS) is 12.2. The molecule has 1 nitrogen and oxygen atoms in total. The average molecular weight is 500 g/mol. The first-order valence-corrected chi connectivity index (χ1v) is 13.9. The van der Waals surface area contributed by atoms with Crippen LogP contribution in [0, 0.1) is 0 Å². The van der Waals surface area contributed by atoms with Crippen LogP contribution in [0.25, 0.3) is 79.8 Å². The zero-order valence-electron chi connectivity index (χ0n) is 20.5. The molecule has 0 aliphatic rings. The van der Waals surface area contributed by atoms with E-state index in [1.54, 1.807) is 0 Å². The Morgan fingerprint density at radius 3 is 1.58 bits per heavy atom. The van der Waals surface area contributed by atoms with Gasteiger partial charge >= 0.3 is 0 Å². The van der Waals surface area contributed by atoms with Crippen LogP contribution in [0.1, 0.15) is 0 Å². The minimum Gasteiger partial charge on any atom is -0.307 e. The highest BCUT2D eigenvalue weighted by Crippen LogP contribution is 2.44. The van der Waals surface area contributed by atoms with Gasteiger partial charge in [0.25, 0.3) is 0 Å². The number of rotatable bonds is 0. The number of aromatic nitrogens is 1. The summed E-state index contributed by atoms with van der Waals surface area (Å²) in [5.74, 6) is 0. The van der Waals surface area contributed by atoms with Crippen molar-refractivity contribution in [2.75, 3.05) is 0 Å². The first kappa shape index (κ1) is 20.4. The molecule has 0 radical (unpaired) electrons. The predicted molar refractivity (Wildman–Crippen MR) is 167 cm³/mol. The third kappa shape index (κ3) is 2.55. The van der Waals surface area contributed by atoms with E-state index in [-0.39, 0.29) is 0 Å². The first-order chi connectivity index (χ1) is 18.9. The van der Waals surface area contributed by atoms with Crippen molar-refractivity contribution in [3.63, 3.8) is 0 Å². The van der Waals surface area contributed by atoms with E-state index >= 15 is 0 Å². The molecule has 0 saturated heterocycles. The van der Waals surface area contributed by atoms with Crippen molar-refractivity contribution in [1.82, 2.24) is 4.40 Å². The number of para-hydroxylation sites is 2. The zero-order valence-corrected chi connectivity index (χ0v) is 21.3. The van der Waals surface area contributed by atoms with E-state index in [1.165, 1.54) is 79.8 Å². The molecule has 3 heterocycles. The molecular weight excluding hydrogens is 478 g/mol. The largest absolute Gasteiger partial charge is 0.307 e. The third-order valence-corrected chi connectivity index (χ3v) is 9.30. The second-order valence-corrected chi connectivity index (χ2v) is 11.2. The maximum atomic E-state index is 2.57. The van der Waals surface area contributed by atoms with Crippen molar-refractivity contribution in [3.8, 4) is 0 Å². The Hall–Kier alpha value is -4.66. The van der Waals surface area contributed by atoms with E-state index in [2.05, 4.69) is 132 Å². The summed E-state index contributed by atoms with van der Waals surface area (Å²) >= 11 is 1.89. The fraction of sp³-hybridized carbons (Fsp3) is 0. The highest BCUT2D eigenvalue weighted by Gasteiger charge is 2.18. The summed E-state index contributed by atoms with van der Waals surface area (Å²) in [4.78, 5) is 0. The topological polar surface area (TPSA) is 4.41 Å². The van der Waals surface area contributed by atoms with Gasteiger partial charge in [-0.05, 0) is 39.7 Å². The highest BCUT2D eigenvalue weighted by molar-refractivity contribution is 7.26. The number of thiophene rings is 1. The van der Waals surface area contributed by atoms with Crippen LogP contribution in [-0.4, -0.2) is 4.40 Å². The monoisotopic (exact) mass is 499 g/mol. The van der Waals surface area contributed by atoms with Crippen molar-refractivity contribution in [2.24, 2.45) is 0 Å². The average Bonchev–Trinajstić information content (AvgIpc) is 3.53. The molecule has 0 bridgehead atoms. The van der Waals surface area contributed by atoms with E-state index in [0.29, 0.717) is 0 Å². The van der Waals surface area contributed by atoms with Crippen LogP contribution >= 0.6 is 11.3 Å². The summed E-state index contributed by atoms with van der Waals surface area (Å²) < 4.78 is 5.23. The van der Waals surface area contributed by atoms with Crippen LogP contribution in [-0.2, 0) is 0 Å². The lowest BCUT2D eigenvalue weighted by atomic mass is 10.0. The van der Waals surface area contributed by atoms with Crippen molar-refractivity contribution in [1.29, 1.82) is 0 Å². The second kappa shape index (κ2) is 7.44. The molecule has 0 saturated carbocycles. The molecule has 9 aromatic rings. The Kier molecular flexibility index (Phi) is 3.99. The molecule has 0 atom stereocenters. The molecule has 176 valence electrons. The maximum absolute atomic E-state index is 2.57. The molecule has 0 aliphatic heterocycles. The first-order valence-electron chi connectivity index (χ1n) is 13.0. The molecule has 6 aromatic carbocycles. The lowest BCUT2D eigenvalue weighted by Gasteiger charge is -2.05. The van der Waals surface area contributed by atoms with E-state index in [9.17, 15) is 0 Å². The number of fused-ring (bicyclic) bond motifs is 14. The summed E-state index contributed by atoms with van der Waals surface area (Å²) in [6.07, 6.45) is 0. The van der Waals surface area contributed by atoms with Gasteiger partial charge in [0, 0.05) is 41.7 Å². The zero-order chi connectivity index (χ0) is 24.8.